The molecule has 2 aromatic carbocycles. The van der Waals surface area contributed by atoms with Crippen molar-refractivity contribution in [3.8, 4) is 0 Å². The number of carbonyl (C=O) groups excluding carboxylic acids is 1. The Morgan fingerprint density at radius 2 is 2.08 bits per heavy atom. The normalized spacial score (nSPS) is 11.8. The van der Waals surface area contributed by atoms with Crippen LogP contribution in [-0.4, -0.2) is 18.2 Å². The zero-order valence-corrected chi connectivity index (χ0v) is 14.5. The molecule has 25 heavy (non-hydrogen) atoms. The van der Waals surface area contributed by atoms with Crippen molar-refractivity contribution in [3.63, 3.8) is 0 Å². The summed E-state index contributed by atoms with van der Waals surface area (Å²) in [6.07, 6.45) is 0.272. The first-order valence-electron chi connectivity index (χ1n) is 7.75. The molecule has 5 nitrogen and oxygen atoms in total. The highest BCUT2D eigenvalue weighted by molar-refractivity contribution is 6.30. The number of rotatable bonds is 6. The van der Waals surface area contributed by atoms with E-state index in [0.29, 0.717) is 16.9 Å². The average Bonchev–Trinajstić information content (AvgIpc) is 2.57. The molecule has 0 saturated heterocycles. The molecule has 1 atom stereocenters. The zero-order valence-electron chi connectivity index (χ0n) is 13.8. The molecule has 0 radical (unpaired) electrons. The fourth-order valence-electron chi connectivity index (χ4n) is 2.57. The van der Waals surface area contributed by atoms with Gasteiger partial charge in [0, 0.05) is 28.2 Å². The first-order valence-corrected chi connectivity index (χ1v) is 8.12. The Balaban J connectivity index is 2.31. The first kappa shape index (κ1) is 18.9. The number of nitrogens with two attached hydrogens (primary N) is 2. The summed E-state index contributed by atoms with van der Waals surface area (Å²) in [6.45, 7) is 1.83. The van der Waals surface area contributed by atoms with Gasteiger partial charge in [-0.25, -0.2) is 4.39 Å². The number of anilines is 2. The maximum Gasteiger partial charge on any atom is 0.232 e. The van der Waals surface area contributed by atoms with Crippen LogP contribution < -0.4 is 16.8 Å². The van der Waals surface area contributed by atoms with Crippen molar-refractivity contribution in [3.05, 3.63) is 58.4 Å². The van der Waals surface area contributed by atoms with Gasteiger partial charge in [-0.15, -0.1) is 0 Å². The van der Waals surface area contributed by atoms with Crippen LogP contribution in [0.25, 0.3) is 0 Å². The number of carbonyl (C=O) groups is 1. The summed E-state index contributed by atoms with van der Waals surface area (Å²) < 4.78 is 14.3. The molecule has 7 heteroatoms. The topological polar surface area (TPSA) is 105 Å². The summed E-state index contributed by atoms with van der Waals surface area (Å²) in [6, 6.07) is 9.41. The van der Waals surface area contributed by atoms with Gasteiger partial charge in [-0.3, -0.25) is 4.79 Å². The summed E-state index contributed by atoms with van der Waals surface area (Å²) in [5.74, 6) is -1.79. The van der Waals surface area contributed by atoms with Crippen molar-refractivity contribution in [2.75, 3.05) is 17.6 Å². The lowest BCUT2D eigenvalue weighted by Gasteiger charge is -2.18. The Labute approximate surface area is 150 Å². The van der Waals surface area contributed by atoms with Crippen LogP contribution in [0.3, 0.4) is 0 Å². The van der Waals surface area contributed by atoms with Crippen LogP contribution in [0.5, 0.6) is 0 Å². The quantitative estimate of drug-likeness (QED) is 0.466. The second-order valence-corrected chi connectivity index (χ2v) is 6.10. The third-order valence-electron chi connectivity index (χ3n) is 3.85. The summed E-state index contributed by atoms with van der Waals surface area (Å²) in [7, 11) is 0. The molecule has 0 aliphatic carbocycles. The minimum Gasteiger partial charge on any atom is -0.398 e. The molecular formula is C18H20ClFN4O. The Kier molecular flexibility index (Phi) is 6.12. The molecule has 0 aromatic heterocycles. The molecule has 2 aromatic rings. The van der Waals surface area contributed by atoms with Gasteiger partial charge in [0.25, 0.3) is 0 Å². The van der Waals surface area contributed by atoms with E-state index in [0.717, 1.165) is 0 Å². The monoisotopic (exact) mass is 362 g/mol. The van der Waals surface area contributed by atoms with Crippen LogP contribution in [0, 0.1) is 11.2 Å². The van der Waals surface area contributed by atoms with E-state index in [9.17, 15) is 9.18 Å². The van der Waals surface area contributed by atoms with Crippen LogP contribution in [0.4, 0.5) is 15.8 Å². The summed E-state index contributed by atoms with van der Waals surface area (Å²) in [5.41, 5.74) is 13.4. The van der Waals surface area contributed by atoms with Gasteiger partial charge in [-0.1, -0.05) is 23.7 Å². The van der Waals surface area contributed by atoms with Crippen molar-refractivity contribution in [1.82, 2.24) is 0 Å². The molecule has 6 N–H and O–H groups in total. The molecule has 0 aliphatic heterocycles. The third-order valence-corrected chi connectivity index (χ3v) is 4.15. The Hall–Kier alpha value is -2.44. The lowest BCUT2D eigenvalue weighted by molar-refractivity contribution is -0.117. The van der Waals surface area contributed by atoms with Crippen LogP contribution in [0.2, 0.25) is 5.02 Å². The standard InChI is InChI=1S/C18H20ClFN4O/c1-10(22)14-9-11(5-6-16(14)23)24-18(25)13(7-8-21)12-3-2-4-15(19)17(12)20/h2-6,9,13,22H,7-8,21,23H2,1H3,(H,24,25). The first-order chi connectivity index (χ1) is 11.8. The number of hydrogen-bond acceptors (Lipinski definition) is 4. The van der Waals surface area contributed by atoms with Gasteiger partial charge in [-0.2, -0.15) is 0 Å². The highest BCUT2D eigenvalue weighted by atomic mass is 35.5. The van der Waals surface area contributed by atoms with Gasteiger partial charge >= 0.3 is 0 Å². The number of hydrogen-bond donors (Lipinski definition) is 4. The summed E-state index contributed by atoms with van der Waals surface area (Å²) in [5, 5.41) is 10.4. The molecule has 0 fully saturated rings. The summed E-state index contributed by atoms with van der Waals surface area (Å²) >= 11 is 5.82. The number of nitrogens with one attached hydrogen (secondary N) is 2. The maximum atomic E-state index is 14.3. The molecule has 1 unspecified atom stereocenters. The molecular weight excluding hydrogens is 343 g/mol. The van der Waals surface area contributed by atoms with Crippen molar-refractivity contribution < 1.29 is 9.18 Å². The second kappa shape index (κ2) is 8.09. The smallest absolute Gasteiger partial charge is 0.232 e. The molecule has 1 amide bonds. The molecule has 0 heterocycles. The van der Waals surface area contributed by atoms with E-state index < -0.39 is 17.6 Å². The van der Waals surface area contributed by atoms with E-state index >= 15 is 0 Å². The molecule has 0 bridgehead atoms. The van der Waals surface area contributed by atoms with E-state index in [-0.39, 0.29) is 29.3 Å². The fourth-order valence-corrected chi connectivity index (χ4v) is 2.75. The molecule has 0 aliphatic rings. The Bertz CT molecular complexity index is 810. The minimum atomic E-state index is -0.772. The Morgan fingerprint density at radius 1 is 1.36 bits per heavy atom. The molecule has 132 valence electrons. The van der Waals surface area contributed by atoms with Gasteiger partial charge in [0.05, 0.1) is 10.9 Å². The van der Waals surface area contributed by atoms with Gasteiger partial charge in [0.2, 0.25) is 5.91 Å². The molecule has 0 saturated carbocycles. The number of nitrogen functional groups attached to an aromatic ring is 1. The van der Waals surface area contributed by atoms with Crippen LogP contribution >= 0.6 is 11.6 Å². The number of amides is 1. The van der Waals surface area contributed by atoms with Crippen molar-refractivity contribution in [2.45, 2.75) is 19.3 Å². The van der Waals surface area contributed by atoms with E-state index in [4.69, 9.17) is 28.5 Å². The highest BCUT2D eigenvalue weighted by Gasteiger charge is 2.24. The predicted octanol–water partition coefficient (Wildman–Crippen LogP) is 3.52. The molecule has 0 spiro atoms. The maximum absolute atomic E-state index is 14.3. The number of benzene rings is 2. The van der Waals surface area contributed by atoms with E-state index in [1.807, 2.05) is 0 Å². The Morgan fingerprint density at radius 3 is 2.72 bits per heavy atom. The van der Waals surface area contributed by atoms with Gasteiger partial charge < -0.3 is 22.2 Å². The van der Waals surface area contributed by atoms with Gasteiger partial charge in [0.15, 0.2) is 0 Å². The van der Waals surface area contributed by atoms with Crippen molar-refractivity contribution >= 4 is 34.6 Å². The highest BCUT2D eigenvalue weighted by Crippen LogP contribution is 2.28. The van der Waals surface area contributed by atoms with Crippen LogP contribution in [0.15, 0.2) is 36.4 Å². The van der Waals surface area contributed by atoms with E-state index in [2.05, 4.69) is 5.32 Å². The lowest BCUT2D eigenvalue weighted by Crippen LogP contribution is -2.24. The van der Waals surface area contributed by atoms with Crippen LogP contribution in [0.1, 0.15) is 30.4 Å². The zero-order chi connectivity index (χ0) is 18.6. The van der Waals surface area contributed by atoms with Crippen LogP contribution in [-0.2, 0) is 4.79 Å². The summed E-state index contributed by atoms with van der Waals surface area (Å²) in [4.78, 5) is 12.7. The van der Waals surface area contributed by atoms with E-state index in [1.54, 1.807) is 31.2 Å². The predicted molar refractivity (Wildman–Crippen MR) is 99.8 cm³/mol. The van der Waals surface area contributed by atoms with Gasteiger partial charge in [0.1, 0.15) is 5.82 Å². The number of halogens is 2. The van der Waals surface area contributed by atoms with Crippen molar-refractivity contribution in [2.24, 2.45) is 5.73 Å². The lowest BCUT2D eigenvalue weighted by atomic mass is 9.94. The minimum absolute atomic E-state index is 0.0403. The SMILES string of the molecule is CC(=N)c1cc(NC(=O)C(CCN)c2cccc(Cl)c2F)ccc1N. The fraction of sp³-hybridized carbons (Fsp3) is 0.222. The van der Waals surface area contributed by atoms with Gasteiger partial charge in [-0.05, 0) is 44.2 Å². The largest absolute Gasteiger partial charge is 0.398 e. The second-order valence-electron chi connectivity index (χ2n) is 5.69. The molecule has 2 rings (SSSR count). The van der Waals surface area contributed by atoms with Crippen molar-refractivity contribution in [1.29, 1.82) is 5.41 Å². The average molecular weight is 363 g/mol. The third kappa shape index (κ3) is 4.35. The van der Waals surface area contributed by atoms with E-state index in [1.165, 1.54) is 12.1 Å².